The van der Waals surface area contributed by atoms with Crippen molar-refractivity contribution >= 4 is 148 Å². The van der Waals surface area contributed by atoms with Crippen molar-refractivity contribution in [2.45, 2.75) is 108 Å². The van der Waals surface area contributed by atoms with Gasteiger partial charge >= 0.3 is 0 Å². The van der Waals surface area contributed by atoms with Crippen molar-refractivity contribution < 1.29 is 49.2 Å². The van der Waals surface area contributed by atoms with E-state index in [4.69, 9.17) is 80.8 Å². The molecule has 0 saturated carbocycles. The second-order valence-corrected chi connectivity index (χ2v) is 30.4. The van der Waals surface area contributed by atoms with Gasteiger partial charge < -0.3 is 65.0 Å². The number of primary amides is 1. The molecule has 4 heterocycles. The van der Waals surface area contributed by atoms with Gasteiger partial charge in [-0.25, -0.2) is 19.9 Å². The summed E-state index contributed by atoms with van der Waals surface area (Å²) in [5, 5.41) is 51.6. The summed E-state index contributed by atoms with van der Waals surface area (Å²) in [4.78, 5) is 89.9. The smallest absolute Gasteiger partial charge is 0.222 e. The third-order valence-electron chi connectivity index (χ3n) is 19.3. The predicted molar refractivity (Wildman–Crippen MR) is 487 cm³/mol. The van der Waals surface area contributed by atoms with Gasteiger partial charge in [-0.15, -0.1) is 0 Å². The molecule has 26 heteroatoms. The number of likely N-dealkylation sites (N-methyl/N-ethyl adjacent to an activating group) is 1. The first-order chi connectivity index (χ1) is 58.5. The number of halogens is 4. The lowest BCUT2D eigenvalue weighted by Crippen LogP contribution is -2.26. The Hall–Kier alpha value is -12.6. The van der Waals surface area contributed by atoms with E-state index in [1.165, 1.54) is 4.90 Å². The molecule has 0 aliphatic carbocycles. The minimum absolute atomic E-state index is 0.00203. The Bertz CT molecular complexity index is 6030. The van der Waals surface area contributed by atoms with Crippen LogP contribution in [-0.4, -0.2) is 138 Å². The average Bonchev–Trinajstić information content (AvgIpc) is 0.815. The molecule has 2 amide bonds. The lowest BCUT2D eigenvalue weighted by molar-refractivity contribution is -0.129. The summed E-state index contributed by atoms with van der Waals surface area (Å²) >= 11 is 24.4. The first kappa shape index (κ1) is 93.2. The minimum atomic E-state index is -0.727. The van der Waals surface area contributed by atoms with Gasteiger partial charge in [-0.3, -0.25) is 28.8 Å². The molecular weight excluding hydrogens is 1620 g/mol. The molecule has 0 aliphatic heterocycles. The van der Waals surface area contributed by atoms with Crippen molar-refractivity contribution in [3.8, 4) is 47.4 Å². The molecule has 17 N–H and O–H groups in total. The van der Waals surface area contributed by atoms with Gasteiger partial charge in [0.2, 0.25) is 11.8 Å². The number of hydrogen-bond donors (Lipinski definition) is 11. The summed E-state index contributed by atoms with van der Waals surface area (Å²) in [7, 11) is 3.35. The Morgan fingerprint density at radius 2 is 0.623 bits per heavy atom. The van der Waals surface area contributed by atoms with Gasteiger partial charge in [-0.2, -0.15) is 0 Å². The number of carbonyl (C=O) groups excluding carboxylic acids is 6. The number of fused-ring (bicyclic) bond motifs is 4. The second kappa shape index (κ2) is 46.2. The van der Waals surface area contributed by atoms with Crippen molar-refractivity contribution in [2.75, 3.05) is 56.7 Å². The number of nitrogen functional groups attached to an aromatic ring is 4. The maximum atomic E-state index is 12.4. The van der Waals surface area contributed by atoms with Crippen LogP contribution in [0.25, 0.3) is 43.1 Å². The van der Waals surface area contributed by atoms with E-state index in [1.54, 1.807) is 166 Å². The van der Waals surface area contributed by atoms with E-state index in [-0.39, 0.29) is 80.5 Å². The van der Waals surface area contributed by atoms with Gasteiger partial charge in [0.05, 0.1) is 46.7 Å². The molecule has 0 aliphatic rings. The Balaban J connectivity index is 0.000000185. The number of nitrogens with zero attached hydrogens (tertiary/aromatic N) is 5. The van der Waals surface area contributed by atoms with Crippen LogP contribution in [0.1, 0.15) is 170 Å². The van der Waals surface area contributed by atoms with E-state index in [2.05, 4.69) is 72.6 Å². The minimum Gasteiger partial charge on any atom is -0.393 e. The molecule has 0 radical (unpaired) electrons. The van der Waals surface area contributed by atoms with Crippen LogP contribution in [0.4, 0.5) is 23.3 Å². The highest BCUT2D eigenvalue weighted by Gasteiger charge is 2.18. The third kappa shape index (κ3) is 28.3. The normalized spacial score (nSPS) is 11.6. The van der Waals surface area contributed by atoms with Crippen molar-refractivity contribution in [3.63, 3.8) is 0 Å². The molecular formula is C96H92Cl4N12O10. The first-order valence-electron chi connectivity index (χ1n) is 39.1. The Labute approximate surface area is 727 Å². The SMILES string of the molecule is CCNCC(O)CCC(=O)c1ccc(C#Cc2c(N)ncc3ccc(Cl)cc23)cc1.CN(C)C(=O)CCC(O)CCC(=O)c1ccc(C#Cc2c(N)ncc3ccc(Cl)cc23)cc1.NC(=O)CCC(O)CCC(=O)c1ccc(C#Cc2c(N)ncc3ccc(Cl)cc23)cc1.NCC(O)CCC(=O)c1ccc(C#Cc2c(N)ncc3ccc(Cl)cc23)cc1. The molecule has 122 heavy (non-hydrogen) atoms. The molecule has 624 valence electrons. The zero-order chi connectivity index (χ0) is 87.9. The topological polar surface area (TPSA) is 406 Å². The van der Waals surface area contributed by atoms with Crippen LogP contribution < -0.4 is 39.7 Å². The predicted octanol–water partition coefficient (Wildman–Crippen LogP) is 14.5. The van der Waals surface area contributed by atoms with Crippen LogP contribution in [0.15, 0.2) is 195 Å². The number of anilines is 4. The lowest BCUT2D eigenvalue weighted by atomic mass is 10.0. The van der Waals surface area contributed by atoms with Crippen LogP contribution in [0.2, 0.25) is 20.1 Å². The van der Waals surface area contributed by atoms with Crippen LogP contribution in [0, 0.1) is 47.4 Å². The highest BCUT2D eigenvalue weighted by atomic mass is 35.5. The maximum absolute atomic E-state index is 12.4. The van der Waals surface area contributed by atoms with Gasteiger partial charge in [-0.1, -0.05) is 173 Å². The molecule has 0 spiro atoms. The number of nitrogens with one attached hydrogen (secondary N) is 1. The van der Waals surface area contributed by atoms with Crippen molar-refractivity contribution in [1.29, 1.82) is 0 Å². The van der Waals surface area contributed by atoms with E-state index in [0.29, 0.717) is 127 Å². The molecule has 12 rings (SSSR count). The Kier molecular flexibility index (Phi) is 35.3. The second-order valence-electron chi connectivity index (χ2n) is 28.6. The largest absolute Gasteiger partial charge is 0.393 e. The van der Waals surface area contributed by atoms with Gasteiger partial charge in [-0.05, 0) is 142 Å². The molecule has 8 aromatic carbocycles. The molecule has 12 aromatic rings. The number of benzene rings is 8. The molecule has 0 saturated heterocycles. The quantitative estimate of drug-likeness (QED) is 0.0177. The van der Waals surface area contributed by atoms with Crippen molar-refractivity contribution in [3.05, 3.63) is 281 Å². The molecule has 0 bridgehead atoms. The monoisotopic (exact) mass is 1710 g/mol. The summed E-state index contributed by atoms with van der Waals surface area (Å²) in [6.07, 6.45) is 7.47. The molecule has 0 fully saturated rings. The summed E-state index contributed by atoms with van der Waals surface area (Å²) in [5.41, 5.74) is 42.2. The van der Waals surface area contributed by atoms with E-state index in [0.717, 1.165) is 71.9 Å². The number of nitrogens with two attached hydrogens (primary N) is 6. The third-order valence-corrected chi connectivity index (χ3v) is 20.3. The summed E-state index contributed by atoms with van der Waals surface area (Å²) < 4.78 is 0. The van der Waals surface area contributed by atoms with Crippen LogP contribution in [-0.2, 0) is 9.59 Å². The number of pyridine rings is 4. The summed E-state index contributed by atoms with van der Waals surface area (Å²) in [5.74, 6) is 25.2. The zero-order valence-corrected chi connectivity index (χ0v) is 70.4. The highest BCUT2D eigenvalue weighted by Crippen LogP contribution is 2.30. The number of ketones is 4. The number of aliphatic hydroxyl groups is 4. The maximum Gasteiger partial charge on any atom is 0.222 e. The fraction of sp³-hybridized carbons (Fsp3) is 0.229. The zero-order valence-electron chi connectivity index (χ0n) is 67.3. The standard InChI is InChI=1S/C26H26ClN3O3.C24H22ClN3O3.C24H24ClN3O2.C22H20ClN3O2/c1-30(2)25(33)14-11-21(31)10-13-24(32)18-6-3-17(4-7-18)5-12-22-23-15-20(27)9-8-19(23)16-29-26(22)28;25-18-7-6-17-14-28-24(27)20(21(17)13-18)10-3-15-1-4-16(5-2-15)22(30)11-8-19(29)9-12-23(26)31;1-2-27-15-20(29)10-12-23(30)17-6-3-16(4-7-17)5-11-21-22-13-19(25)9-8-18(22)14-28-24(21)26;23-17-7-6-16-13-26-22(25)19(20(16)11-17)9-3-14-1-4-15(5-2-14)21(28)10-8-18(27)12-24/h3-4,6-9,15-16,21,31H,10-11,13-14H2,1-2H3,(H2,28,29);1-2,4-7,13-14,19,29H,8-9,11-12H2,(H2,26,31)(H2,27,28);3-4,6-9,13-14,20,27,29H,2,10,12,15H2,1H3,(H2,26,28);1-2,4-7,11,13,18,27H,8,10,12,24H2,(H2,25,26). The van der Waals surface area contributed by atoms with Gasteiger partial charge in [0.1, 0.15) is 23.3 Å². The lowest BCUT2D eigenvalue weighted by Gasteiger charge is -2.13. The fourth-order valence-electron chi connectivity index (χ4n) is 12.2. The van der Waals surface area contributed by atoms with Crippen LogP contribution in [0.3, 0.4) is 0 Å². The number of hydrogen-bond acceptors (Lipinski definition) is 20. The Morgan fingerprint density at radius 3 is 0.877 bits per heavy atom. The summed E-state index contributed by atoms with van der Waals surface area (Å²) in [6.45, 7) is 3.42. The number of aromatic nitrogens is 4. The number of rotatable bonds is 26. The first-order valence-corrected chi connectivity index (χ1v) is 40.6. The van der Waals surface area contributed by atoms with E-state index in [9.17, 15) is 49.2 Å². The van der Waals surface area contributed by atoms with E-state index in [1.807, 2.05) is 49.4 Å². The van der Waals surface area contributed by atoms with Crippen molar-refractivity contribution in [1.82, 2.24) is 30.2 Å². The van der Waals surface area contributed by atoms with Gasteiger partial charge in [0, 0.05) is 198 Å². The van der Waals surface area contributed by atoms with Crippen LogP contribution in [0.5, 0.6) is 0 Å². The van der Waals surface area contributed by atoms with E-state index < -0.39 is 30.3 Å². The molecule has 4 aromatic heterocycles. The number of aliphatic hydroxyl groups excluding tert-OH is 4. The van der Waals surface area contributed by atoms with Crippen LogP contribution >= 0.6 is 46.4 Å². The van der Waals surface area contributed by atoms with E-state index >= 15 is 0 Å². The molecule has 4 atom stereocenters. The molecule has 22 nitrogen and oxygen atoms in total. The molecule has 4 unspecified atom stereocenters. The van der Waals surface area contributed by atoms with Crippen molar-refractivity contribution in [2.24, 2.45) is 11.5 Å². The number of carbonyl (C=O) groups is 6. The highest BCUT2D eigenvalue weighted by molar-refractivity contribution is 6.32. The number of Topliss-reactive ketones (excluding diaryl/α,β-unsaturated/α-hetero) is 4. The number of amides is 2. The average molecular weight is 1720 g/mol. The fourth-order valence-corrected chi connectivity index (χ4v) is 12.9. The van der Waals surface area contributed by atoms with Gasteiger partial charge in [0.15, 0.2) is 23.1 Å². The Morgan fingerprint density at radius 1 is 0.369 bits per heavy atom. The van der Waals surface area contributed by atoms with Gasteiger partial charge in [0.25, 0.3) is 0 Å². The summed E-state index contributed by atoms with van der Waals surface area (Å²) in [6, 6.07) is 49.9.